The van der Waals surface area contributed by atoms with Gasteiger partial charge < -0.3 is 5.11 Å². The number of hydrogen-bond donors (Lipinski definition) is 2. The Bertz CT molecular complexity index is 568. The van der Waals surface area contributed by atoms with E-state index in [0.717, 1.165) is 23.1 Å². The molecule has 2 aromatic rings. The van der Waals surface area contributed by atoms with Crippen LogP contribution < -0.4 is 5.32 Å². The summed E-state index contributed by atoms with van der Waals surface area (Å²) in [5.41, 5.74) is -0.113. The van der Waals surface area contributed by atoms with Gasteiger partial charge in [-0.3, -0.25) is 10.1 Å². The van der Waals surface area contributed by atoms with Crippen LogP contribution in [0.2, 0.25) is 0 Å². The third-order valence-electron chi connectivity index (χ3n) is 2.04. The lowest BCUT2D eigenvalue weighted by atomic mass is 10.2. The highest BCUT2D eigenvalue weighted by Gasteiger charge is 2.13. The monoisotopic (exact) mass is 252 g/mol. The number of aryl methyl sites for hydroxylation is 1. The van der Waals surface area contributed by atoms with Crippen LogP contribution in [0.1, 0.15) is 15.2 Å². The first-order valence-electron chi connectivity index (χ1n) is 4.78. The molecule has 0 aliphatic rings. The molecule has 88 valence electrons. The number of halogens is 1. The number of carbonyl (C=O) groups is 1. The second-order valence-electron chi connectivity index (χ2n) is 3.39. The van der Waals surface area contributed by atoms with E-state index in [1.54, 1.807) is 6.20 Å². The number of benzene rings is 1. The van der Waals surface area contributed by atoms with Gasteiger partial charge in [0.1, 0.15) is 11.6 Å². The quantitative estimate of drug-likeness (QED) is 0.863. The first-order chi connectivity index (χ1) is 8.06. The zero-order valence-corrected chi connectivity index (χ0v) is 9.71. The number of thiazole rings is 1. The number of carbonyl (C=O) groups excluding carboxylic acids is 1. The van der Waals surface area contributed by atoms with Gasteiger partial charge in [-0.1, -0.05) is 0 Å². The first-order valence-corrected chi connectivity index (χ1v) is 5.60. The minimum absolute atomic E-state index is 0.113. The smallest absolute Gasteiger partial charge is 0.261 e. The van der Waals surface area contributed by atoms with Crippen molar-refractivity contribution in [3.63, 3.8) is 0 Å². The Labute approximate surface area is 101 Å². The molecule has 1 aromatic heterocycles. The summed E-state index contributed by atoms with van der Waals surface area (Å²) < 4.78 is 12.9. The van der Waals surface area contributed by atoms with Gasteiger partial charge in [0.15, 0.2) is 5.13 Å². The average Bonchev–Trinajstić information content (AvgIpc) is 2.67. The van der Waals surface area contributed by atoms with E-state index in [4.69, 9.17) is 0 Å². The predicted molar refractivity (Wildman–Crippen MR) is 62.9 cm³/mol. The minimum atomic E-state index is -0.587. The Morgan fingerprint density at radius 1 is 1.53 bits per heavy atom. The van der Waals surface area contributed by atoms with Crippen molar-refractivity contribution in [2.24, 2.45) is 0 Å². The van der Waals surface area contributed by atoms with E-state index in [1.807, 2.05) is 6.92 Å². The molecule has 2 rings (SSSR count). The molecule has 6 heteroatoms. The van der Waals surface area contributed by atoms with Gasteiger partial charge in [-0.15, -0.1) is 11.3 Å². The highest BCUT2D eigenvalue weighted by atomic mass is 32.1. The second kappa shape index (κ2) is 4.50. The number of amides is 1. The van der Waals surface area contributed by atoms with Gasteiger partial charge in [0, 0.05) is 11.1 Å². The fraction of sp³-hybridized carbons (Fsp3) is 0.0909. The van der Waals surface area contributed by atoms with Gasteiger partial charge in [-0.25, -0.2) is 9.37 Å². The first kappa shape index (κ1) is 11.5. The third kappa shape index (κ3) is 2.59. The Hall–Kier alpha value is -1.95. The summed E-state index contributed by atoms with van der Waals surface area (Å²) in [4.78, 5) is 16.6. The maximum atomic E-state index is 12.9. The van der Waals surface area contributed by atoms with Crippen molar-refractivity contribution in [3.8, 4) is 5.75 Å². The predicted octanol–water partition coefficient (Wildman–Crippen LogP) is 2.55. The largest absolute Gasteiger partial charge is 0.507 e. The second-order valence-corrected chi connectivity index (χ2v) is 4.63. The molecule has 0 radical (unpaired) electrons. The van der Waals surface area contributed by atoms with Crippen LogP contribution in [0.5, 0.6) is 5.75 Å². The van der Waals surface area contributed by atoms with E-state index in [9.17, 15) is 14.3 Å². The van der Waals surface area contributed by atoms with Gasteiger partial charge in [-0.05, 0) is 25.1 Å². The van der Waals surface area contributed by atoms with E-state index in [-0.39, 0.29) is 11.3 Å². The van der Waals surface area contributed by atoms with Crippen molar-refractivity contribution >= 4 is 22.4 Å². The van der Waals surface area contributed by atoms with Crippen LogP contribution >= 0.6 is 11.3 Å². The van der Waals surface area contributed by atoms with Crippen molar-refractivity contribution in [3.05, 3.63) is 40.7 Å². The molecule has 1 amide bonds. The van der Waals surface area contributed by atoms with E-state index in [0.29, 0.717) is 5.13 Å². The molecule has 0 saturated carbocycles. The lowest BCUT2D eigenvalue weighted by Gasteiger charge is -2.03. The summed E-state index contributed by atoms with van der Waals surface area (Å²) in [5.74, 6) is -1.43. The minimum Gasteiger partial charge on any atom is -0.507 e. The van der Waals surface area contributed by atoms with Gasteiger partial charge in [0.2, 0.25) is 0 Å². The Morgan fingerprint density at radius 2 is 2.29 bits per heavy atom. The normalized spacial score (nSPS) is 10.2. The lowest BCUT2D eigenvalue weighted by Crippen LogP contribution is -2.12. The molecule has 0 spiro atoms. The van der Waals surface area contributed by atoms with Crippen LogP contribution in [-0.2, 0) is 0 Å². The number of phenolic OH excluding ortho intramolecular Hbond substituents is 1. The van der Waals surface area contributed by atoms with E-state index >= 15 is 0 Å². The molecule has 0 fully saturated rings. The third-order valence-corrected chi connectivity index (χ3v) is 2.87. The zero-order chi connectivity index (χ0) is 12.4. The molecule has 0 bridgehead atoms. The Morgan fingerprint density at radius 3 is 2.94 bits per heavy atom. The Balaban J connectivity index is 2.22. The molecular formula is C11H9FN2O2S. The van der Waals surface area contributed by atoms with E-state index < -0.39 is 11.7 Å². The molecule has 0 unspecified atom stereocenters. The number of anilines is 1. The molecule has 1 aromatic carbocycles. The highest BCUT2D eigenvalue weighted by Crippen LogP contribution is 2.21. The molecule has 2 N–H and O–H groups in total. The topological polar surface area (TPSA) is 62.2 Å². The molecule has 0 saturated heterocycles. The summed E-state index contributed by atoms with van der Waals surface area (Å²) in [6.45, 7) is 1.85. The van der Waals surface area contributed by atoms with Crippen LogP contribution in [0.15, 0.2) is 24.4 Å². The molecular weight excluding hydrogens is 243 g/mol. The molecule has 0 aliphatic heterocycles. The summed E-state index contributed by atoms with van der Waals surface area (Å²) >= 11 is 1.30. The van der Waals surface area contributed by atoms with E-state index in [2.05, 4.69) is 10.3 Å². The number of nitrogens with zero attached hydrogens (tertiary/aromatic N) is 1. The summed E-state index contributed by atoms with van der Waals surface area (Å²) in [5, 5.41) is 12.3. The number of hydrogen-bond acceptors (Lipinski definition) is 4. The number of rotatable bonds is 2. The van der Waals surface area contributed by atoms with Crippen LogP contribution in [0, 0.1) is 12.7 Å². The number of aromatic hydroxyl groups is 1. The molecule has 0 aliphatic carbocycles. The summed E-state index contributed by atoms with van der Waals surface area (Å²) in [6.07, 6.45) is 1.62. The maximum absolute atomic E-state index is 12.9. The van der Waals surface area contributed by atoms with Crippen molar-refractivity contribution in [1.29, 1.82) is 0 Å². The summed E-state index contributed by atoms with van der Waals surface area (Å²) in [6, 6.07) is 3.20. The lowest BCUT2D eigenvalue weighted by molar-refractivity contribution is 0.102. The fourth-order valence-electron chi connectivity index (χ4n) is 1.27. The standard InChI is InChI=1S/C11H9FN2O2S/c1-6-5-13-11(17-6)14-10(16)8-4-7(12)2-3-9(8)15/h2-5,15H,1H3,(H,13,14,16). The van der Waals surface area contributed by atoms with Gasteiger partial charge in [0.05, 0.1) is 5.56 Å². The number of aromatic nitrogens is 1. The van der Waals surface area contributed by atoms with Crippen molar-refractivity contribution in [2.45, 2.75) is 6.92 Å². The van der Waals surface area contributed by atoms with Crippen molar-refractivity contribution in [1.82, 2.24) is 4.98 Å². The van der Waals surface area contributed by atoms with Crippen molar-refractivity contribution in [2.75, 3.05) is 5.32 Å². The van der Waals surface area contributed by atoms with Crippen LogP contribution in [0.25, 0.3) is 0 Å². The molecule has 4 nitrogen and oxygen atoms in total. The average molecular weight is 252 g/mol. The van der Waals surface area contributed by atoms with Crippen LogP contribution in [0.3, 0.4) is 0 Å². The number of nitrogens with one attached hydrogen (secondary N) is 1. The van der Waals surface area contributed by atoms with Crippen molar-refractivity contribution < 1.29 is 14.3 Å². The molecule has 1 heterocycles. The van der Waals surface area contributed by atoms with Crippen LogP contribution in [-0.4, -0.2) is 16.0 Å². The zero-order valence-electron chi connectivity index (χ0n) is 8.90. The van der Waals surface area contributed by atoms with E-state index in [1.165, 1.54) is 11.3 Å². The fourth-order valence-corrected chi connectivity index (χ4v) is 1.93. The molecule has 0 atom stereocenters. The maximum Gasteiger partial charge on any atom is 0.261 e. The number of phenols is 1. The SMILES string of the molecule is Cc1cnc(NC(=O)c2cc(F)ccc2O)s1. The van der Waals surface area contributed by atoms with Gasteiger partial charge in [-0.2, -0.15) is 0 Å². The van der Waals surface area contributed by atoms with Gasteiger partial charge >= 0.3 is 0 Å². The Kier molecular flexibility index (Phi) is 3.06. The summed E-state index contributed by atoms with van der Waals surface area (Å²) in [7, 11) is 0. The molecule has 17 heavy (non-hydrogen) atoms. The highest BCUT2D eigenvalue weighted by molar-refractivity contribution is 7.15. The van der Waals surface area contributed by atoms with Crippen LogP contribution in [0.4, 0.5) is 9.52 Å². The van der Waals surface area contributed by atoms with Gasteiger partial charge in [0.25, 0.3) is 5.91 Å².